The van der Waals surface area contributed by atoms with Crippen molar-refractivity contribution in [2.45, 2.75) is 59.4 Å². The molecular weight excluding hydrogens is 316 g/mol. The maximum absolute atomic E-state index is 12.4. The first-order valence-electron chi connectivity index (χ1n) is 8.47. The maximum atomic E-state index is 12.4. The van der Waals surface area contributed by atoms with Crippen LogP contribution in [-0.2, 0) is 16.6 Å². The lowest BCUT2D eigenvalue weighted by molar-refractivity contribution is -0.121. The van der Waals surface area contributed by atoms with E-state index in [-0.39, 0.29) is 17.4 Å². The number of rotatable bonds is 5. The van der Waals surface area contributed by atoms with Gasteiger partial charge in [-0.05, 0) is 29.4 Å². The van der Waals surface area contributed by atoms with E-state index in [1.807, 2.05) is 12.3 Å². The number of thiazole rings is 1. The van der Waals surface area contributed by atoms with Crippen LogP contribution in [0.1, 0.15) is 62.5 Å². The lowest BCUT2D eigenvalue weighted by Crippen LogP contribution is -2.33. The lowest BCUT2D eigenvalue weighted by atomic mass is 9.85. The van der Waals surface area contributed by atoms with E-state index >= 15 is 0 Å². The van der Waals surface area contributed by atoms with Gasteiger partial charge in [0, 0.05) is 5.38 Å². The zero-order valence-corrected chi connectivity index (χ0v) is 16.3. The zero-order chi connectivity index (χ0) is 17.9. The van der Waals surface area contributed by atoms with Crippen molar-refractivity contribution in [2.75, 3.05) is 0 Å². The van der Waals surface area contributed by atoms with Crippen molar-refractivity contribution in [1.29, 1.82) is 0 Å². The standard InChI is InChI=1S/C20H28N2OS/c1-13(2)19(15-7-9-16(10-8-15)20(4,5)6)22-18(23)11-17-12-24-14(3)21-17/h7-10,12-13,19H,11H2,1-6H3,(H,22,23). The Morgan fingerprint density at radius 1 is 1.21 bits per heavy atom. The summed E-state index contributed by atoms with van der Waals surface area (Å²) >= 11 is 1.58. The highest BCUT2D eigenvalue weighted by Gasteiger charge is 2.20. The molecule has 4 heteroatoms. The lowest BCUT2D eigenvalue weighted by Gasteiger charge is -2.25. The van der Waals surface area contributed by atoms with Gasteiger partial charge < -0.3 is 5.32 Å². The molecule has 1 unspecified atom stereocenters. The van der Waals surface area contributed by atoms with E-state index < -0.39 is 0 Å². The fourth-order valence-electron chi connectivity index (χ4n) is 2.70. The molecule has 0 spiro atoms. The highest BCUT2D eigenvalue weighted by Crippen LogP contribution is 2.26. The van der Waals surface area contributed by atoms with E-state index in [2.05, 4.69) is 69.2 Å². The molecule has 1 amide bonds. The van der Waals surface area contributed by atoms with Gasteiger partial charge in [0.05, 0.1) is 23.2 Å². The van der Waals surface area contributed by atoms with Gasteiger partial charge in [0.25, 0.3) is 0 Å². The fraction of sp³-hybridized carbons (Fsp3) is 0.500. The molecular formula is C20H28N2OS. The van der Waals surface area contributed by atoms with E-state index in [4.69, 9.17) is 0 Å². The molecule has 24 heavy (non-hydrogen) atoms. The second kappa shape index (κ2) is 7.47. The van der Waals surface area contributed by atoms with Crippen LogP contribution in [0.5, 0.6) is 0 Å². The summed E-state index contributed by atoms with van der Waals surface area (Å²) in [5, 5.41) is 6.13. The summed E-state index contributed by atoms with van der Waals surface area (Å²) in [7, 11) is 0. The Morgan fingerprint density at radius 2 is 1.83 bits per heavy atom. The van der Waals surface area contributed by atoms with Gasteiger partial charge >= 0.3 is 0 Å². The summed E-state index contributed by atoms with van der Waals surface area (Å²) in [6.07, 6.45) is 0.341. The third-order valence-corrected chi connectivity index (χ3v) is 4.95. The predicted molar refractivity (Wildman–Crippen MR) is 101 cm³/mol. The molecule has 1 atom stereocenters. The minimum Gasteiger partial charge on any atom is -0.349 e. The molecule has 2 rings (SSSR count). The second-order valence-corrected chi connectivity index (χ2v) is 8.76. The number of amides is 1. The number of hydrogen-bond donors (Lipinski definition) is 1. The smallest absolute Gasteiger partial charge is 0.226 e. The third-order valence-electron chi connectivity index (χ3n) is 4.13. The molecule has 1 aromatic heterocycles. The monoisotopic (exact) mass is 344 g/mol. The van der Waals surface area contributed by atoms with Crippen LogP contribution < -0.4 is 5.32 Å². The Bertz CT molecular complexity index is 680. The fourth-order valence-corrected chi connectivity index (χ4v) is 3.32. The first-order chi connectivity index (χ1) is 11.2. The van der Waals surface area contributed by atoms with E-state index in [9.17, 15) is 4.79 Å². The average molecular weight is 345 g/mol. The summed E-state index contributed by atoms with van der Waals surface area (Å²) in [6, 6.07) is 8.63. The Labute approximate surface area is 149 Å². The van der Waals surface area contributed by atoms with Gasteiger partial charge in [-0.25, -0.2) is 4.98 Å². The van der Waals surface area contributed by atoms with E-state index in [0.717, 1.165) is 16.3 Å². The minimum absolute atomic E-state index is 0.0197. The van der Waals surface area contributed by atoms with Crippen molar-refractivity contribution in [1.82, 2.24) is 10.3 Å². The molecule has 1 aromatic carbocycles. The molecule has 0 fully saturated rings. The number of nitrogens with one attached hydrogen (secondary N) is 1. The number of aromatic nitrogens is 1. The molecule has 0 aliphatic carbocycles. The quantitative estimate of drug-likeness (QED) is 0.846. The van der Waals surface area contributed by atoms with E-state index in [1.165, 1.54) is 5.56 Å². The first-order valence-corrected chi connectivity index (χ1v) is 9.35. The van der Waals surface area contributed by atoms with Crippen molar-refractivity contribution in [3.63, 3.8) is 0 Å². The highest BCUT2D eigenvalue weighted by atomic mass is 32.1. The average Bonchev–Trinajstić information content (AvgIpc) is 2.89. The molecule has 3 nitrogen and oxygen atoms in total. The molecule has 0 saturated carbocycles. The highest BCUT2D eigenvalue weighted by molar-refractivity contribution is 7.09. The molecule has 0 aliphatic heterocycles. The van der Waals surface area contributed by atoms with Crippen LogP contribution >= 0.6 is 11.3 Å². The van der Waals surface area contributed by atoms with Crippen LogP contribution in [0, 0.1) is 12.8 Å². The van der Waals surface area contributed by atoms with Gasteiger partial charge in [-0.15, -0.1) is 11.3 Å². The number of carbonyl (C=O) groups excluding carboxylic acids is 1. The largest absolute Gasteiger partial charge is 0.349 e. The van der Waals surface area contributed by atoms with Crippen LogP contribution in [0.4, 0.5) is 0 Å². The summed E-state index contributed by atoms with van der Waals surface area (Å²) in [5.74, 6) is 0.352. The maximum Gasteiger partial charge on any atom is 0.226 e. The minimum atomic E-state index is 0.0197. The van der Waals surface area contributed by atoms with Crippen molar-refractivity contribution in [2.24, 2.45) is 5.92 Å². The predicted octanol–water partition coefficient (Wildman–Crippen LogP) is 4.81. The molecule has 2 aromatic rings. The van der Waals surface area contributed by atoms with Gasteiger partial charge in [-0.3, -0.25) is 4.79 Å². The number of hydrogen-bond acceptors (Lipinski definition) is 3. The van der Waals surface area contributed by atoms with Crippen molar-refractivity contribution < 1.29 is 4.79 Å². The summed E-state index contributed by atoms with van der Waals surface area (Å²) in [5.41, 5.74) is 3.44. The summed E-state index contributed by atoms with van der Waals surface area (Å²) in [4.78, 5) is 16.8. The number of nitrogens with zero attached hydrogens (tertiary/aromatic N) is 1. The van der Waals surface area contributed by atoms with Gasteiger partial charge in [0.15, 0.2) is 0 Å². The number of carbonyl (C=O) groups is 1. The van der Waals surface area contributed by atoms with Crippen molar-refractivity contribution in [3.8, 4) is 0 Å². The molecule has 0 saturated heterocycles. The van der Waals surface area contributed by atoms with Crippen LogP contribution in [-0.4, -0.2) is 10.9 Å². The van der Waals surface area contributed by atoms with Gasteiger partial charge in [0.1, 0.15) is 0 Å². The first kappa shape index (κ1) is 18.7. The topological polar surface area (TPSA) is 42.0 Å². The van der Waals surface area contributed by atoms with Crippen LogP contribution in [0.3, 0.4) is 0 Å². The normalized spacial score (nSPS) is 13.1. The van der Waals surface area contributed by atoms with Crippen LogP contribution in [0.25, 0.3) is 0 Å². The van der Waals surface area contributed by atoms with Gasteiger partial charge in [0.2, 0.25) is 5.91 Å². The Hall–Kier alpha value is -1.68. The Balaban J connectivity index is 2.10. The van der Waals surface area contributed by atoms with E-state index in [0.29, 0.717) is 12.3 Å². The van der Waals surface area contributed by atoms with Gasteiger partial charge in [-0.1, -0.05) is 58.9 Å². The van der Waals surface area contributed by atoms with Gasteiger partial charge in [-0.2, -0.15) is 0 Å². The molecule has 130 valence electrons. The molecule has 1 N–H and O–H groups in total. The Kier molecular flexibility index (Phi) is 5.81. The summed E-state index contributed by atoms with van der Waals surface area (Å²) < 4.78 is 0. The third kappa shape index (κ3) is 4.91. The van der Waals surface area contributed by atoms with E-state index in [1.54, 1.807) is 11.3 Å². The van der Waals surface area contributed by atoms with Crippen LogP contribution in [0.15, 0.2) is 29.6 Å². The molecule has 0 radical (unpaired) electrons. The SMILES string of the molecule is Cc1nc(CC(=O)NC(c2ccc(C(C)(C)C)cc2)C(C)C)cs1. The molecule has 0 aliphatic rings. The summed E-state index contributed by atoms with van der Waals surface area (Å²) in [6.45, 7) is 12.9. The second-order valence-electron chi connectivity index (χ2n) is 7.70. The zero-order valence-electron chi connectivity index (χ0n) is 15.5. The number of benzene rings is 1. The molecule has 0 bridgehead atoms. The van der Waals surface area contributed by atoms with Crippen molar-refractivity contribution in [3.05, 3.63) is 51.5 Å². The van der Waals surface area contributed by atoms with Crippen LogP contribution in [0.2, 0.25) is 0 Å². The molecule has 1 heterocycles. The van der Waals surface area contributed by atoms with Crippen molar-refractivity contribution >= 4 is 17.2 Å². The Morgan fingerprint density at radius 3 is 2.29 bits per heavy atom. The number of aryl methyl sites for hydroxylation is 1.